The summed E-state index contributed by atoms with van der Waals surface area (Å²) < 4.78 is 5.08. The summed E-state index contributed by atoms with van der Waals surface area (Å²) in [6.07, 6.45) is 0. The van der Waals surface area contributed by atoms with E-state index in [1.165, 1.54) is 6.07 Å². The number of nitrogens with two attached hydrogens (primary N) is 1. The number of ether oxygens (including phenoxy) is 1. The van der Waals surface area contributed by atoms with Crippen LogP contribution in [-0.4, -0.2) is 17.1 Å². The molecule has 0 spiro atoms. The maximum absolute atomic E-state index is 11.5. The van der Waals surface area contributed by atoms with Gasteiger partial charge in [0.25, 0.3) is 5.56 Å². The second-order valence-electron chi connectivity index (χ2n) is 4.04. The molecule has 0 radical (unpaired) electrons. The summed E-state index contributed by atoms with van der Waals surface area (Å²) in [6, 6.07) is 8.44. The highest BCUT2D eigenvalue weighted by molar-refractivity contribution is 5.56. The van der Waals surface area contributed by atoms with Gasteiger partial charge in [-0.25, -0.2) is 4.98 Å². The van der Waals surface area contributed by atoms with Crippen LogP contribution in [0.25, 0.3) is 11.4 Å². The summed E-state index contributed by atoms with van der Waals surface area (Å²) >= 11 is 0. The summed E-state index contributed by atoms with van der Waals surface area (Å²) in [5.74, 6) is 1.27. The van der Waals surface area contributed by atoms with Gasteiger partial charge in [0.15, 0.2) is 0 Å². The number of H-pyrrole nitrogens is 1. The Kier molecular flexibility index (Phi) is 3.43. The van der Waals surface area contributed by atoms with Crippen LogP contribution in [0.1, 0.15) is 18.7 Å². The number of nitrogens with one attached hydrogen (secondary N) is 1. The molecular weight excluding hydrogens is 230 g/mol. The van der Waals surface area contributed by atoms with E-state index in [9.17, 15) is 4.79 Å². The Labute approximate surface area is 105 Å². The van der Waals surface area contributed by atoms with Crippen LogP contribution < -0.4 is 16.0 Å². The van der Waals surface area contributed by atoms with E-state index < -0.39 is 0 Å². The van der Waals surface area contributed by atoms with Crippen molar-refractivity contribution in [3.05, 3.63) is 46.4 Å². The first kappa shape index (κ1) is 12.3. The number of hydrogen-bond donors (Lipinski definition) is 2. The zero-order valence-electron chi connectivity index (χ0n) is 10.3. The van der Waals surface area contributed by atoms with Crippen LogP contribution in [0.5, 0.6) is 5.75 Å². The molecule has 5 heteroatoms. The van der Waals surface area contributed by atoms with Gasteiger partial charge in [0.2, 0.25) is 0 Å². The summed E-state index contributed by atoms with van der Waals surface area (Å²) in [7, 11) is 1.60. The zero-order valence-corrected chi connectivity index (χ0v) is 10.3. The highest BCUT2D eigenvalue weighted by Crippen LogP contribution is 2.19. The normalized spacial score (nSPS) is 12.2. The lowest BCUT2D eigenvalue weighted by Crippen LogP contribution is -2.15. The monoisotopic (exact) mass is 245 g/mol. The van der Waals surface area contributed by atoms with Crippen LogP contribution in [-0.2, 0) is 0 Å². The van der Waals surface area contributed by atoms with Gasteiger partial charge in [-0.2, -0.15) is 0 Å². The molecule has 0 bridgehead atoms. The minimum Gasteiger partial charge on any atom is -0.497 e. The molecule has 18 heavy (non-hydrogen) atoms. The zero-order chi connectivity index (χ0) is 13.1. The van der Waals surface area contributed by atoms with Gasteiger partial charge in [-0.3, -0.25) is 4.79 Å². The molecule has 0 aliphatic rings. The molecule has 94 valence electrons. The number of hydrogen-bond acceptors (Lipinski definition) is 4. The Morgan fingerprint density at radius 1 is 1.33 bits per heavy atom. The molecule has 2 rings (SSSR count). The van der Waals surface area contributed by atoms with Crippen molar-refractivity contribution in [2.75, 3.05) is 7.11 Å². The number of aromatic amines is 1. The van der Waals surface area contributed by atoms with Gasteiger partial charge in [0.05, 0.1) is 12.8 Å². The molecule has 1 atom stereocenters. The van der Waals surface area contributed by atoms with E-state index in [4.69, 9.17) is 10.5 Å². The number of rotatable bonds is 3. The third-order valence-electron chi connectivity index (χ3n) is 2.59. The fraction of sp³-hybridized carbons (Fsp3) is 0.231. The lowest BCUT2D eigenvalue weighted by molar-refractivity contribution is 0.415. The molecule has 5 nitrogen and oxygen atoms in total. The van der Waals surface area contributed by atoms with Crippen molar-refractivity contribution in [1.29, 1.82) is 0 Å². The maximum atomic E-state index is 11.5. The summed E-state index contributed by atoms with van der Waals surface area (Å²) in [4.78, 5) is 18.6. The highest BCUT2D eigenvalue weighted by Gasteiger charge is 2.07. The van der Waals surface area contributed by atoms with Crippen molar-refractivity contribution in [2.24, 2.45) is 5.73 Å². The van der Waals surface area contributed by atoms with Crippen molar-refractivity contribution >= 4 is 0 Å². The van der Waals surface area contributed by atoms with Gasteiger partial charge in [-0.1, -0.05) is 0 Å². The van der Waals surface area contributed by atoms with Crippen LogP contribution in [0.4, 0.5) is 0 Å². The van der Waals surface area contributed by atoms with Gasteiger partial charge < -0.3 is 15.5 Å². The fourth-order valence-electron chi connectivity index (χ4n) is 1.60. The molecule has 0 saturated heterocycles. The average molecular weight is 245 g/mol. The van der Waals surface area contributed by atoms with Gasteiger partial charge in [0.1, 0.15) is 11.6 Å². The summed E-state index contributed by atoms with van der Waals surface area (Å²) in [5.41, 5.74) is 6.92. The van der Waals surface area contributed by atoms with Crippen LogP contribution in [0.3, 0.4) is 0 Å². The lowest BCUT2D eigenvalue weighted by atomic mass is 10.2. The van der Waals surface area contributed by atoms with Gasteiger partial charge in [-0.15, -0.1) is 0 Å². The first-order valence-corrected chi connectivity index (χ1v) is 5.61. The number of nitrogens with zero attached hydrogens (tertiary/aromatic N) is 1. The Morgan fingerprint density at radius 2 is 2.00 bits per heavy atom. The van der Waals surface area contributed by atoms with E-state index in [2.05, 4.69) is 9.97 Å². The highest BCUT2D eigenvalue weighted by atomic mass is 16.5. The molecule has 0 amide bonds. The molecular formula is C13H15N3O2. The maximum Gasteiger partial charge on any atom is 0.251 e. The second kappa shape index (κ2) is 5.01. The Balaban J connectivity index is 2.46. The van der Waals surface area contributed by atoms with Crippen molar-refractivity contribution in [3.63, 3.8) is 0 Å². The summed E-state index contributed by atoms with van der Waals surface area (Å²) in [5, 5.41) is 0. The molecule has 0 saturated carbocycles. The molecule has 0 aliphatic heterocycles. The molecule has 1 aromatic carbocycles. The standard InChI is InChI=1S/C13H15N3O2/c1-8(14)11-7-12(17)16-13(15-11)9-3-5-10(18-2)6-4-9/h3-8H,14H2,1-2H3,(H,15,16,17). The Bertz CT molecular complexity index is 588. The van der Waals surface area contributed by atoms with E-state index in [1.807, 2.05) is 24.3 Å². The number of methoxy groups -OCH3 is 1. The minimum absolute atomic E-state index is 0.205. The van der Waals surface area contributed by atoms with E-state index in [-0.39, 0.29) is 11.6 Å². The SMILES string of the molecule is COc1ccc(-c2nc(C(C)N)cc(=O)[nH]2)cc1. The van der Waals surface area contributed by atoms with Crippen LogP contribution in [0.15, 0.2) is 35.1 Å². The van der Waals surface area contributed by atoms with Crippen molar-refractivity contribution in [2.45, 2.75) is 13.0 Å². The third kappa shape index (κ3) is 2.57. The van der Waals surface area contributed by atoms with Crippen LogP contribution in [0, 0.1) is 0 Å². The molecule has 2 aromatic rings. The molecule has 1 heterocycles. The smallest absolute Gasteiger partial charge is 0.251 e. The molecule has 1 aromatic heterocycles. The van der Waals surface area contributed by atoms with E-state index in [0.717, 1.165) is 11.3 Å². The first-order chi connectivity index (χ1) is 8.60. The van der Waals surface area contributed by atoms with Crippen LogP contribution in [0.2, 0.25) is 0 Å². The van der Waals surface area contributed by atoms with Crippen molar-refractivity contribution < 1.29 is 4.74 Å². The van der Waals surface area contributed by atoms with Gasteiger partial charge in [0, 0.05) is 17.7 Å². The topological polar surface area (TPSA) is 81.0 Å². The fourth-order valence-corrected chi connectivity index (χ4v) is 1.60. The quantitative estimate of drug-likeness (QED) is 0.857. The molecule has 0 aliphatic carbocycles. The van der Waals surface area contributed by atoms with Gasteiger partial charge in [-0.05, 0) is 31.2 Å². The lowest BCUT2D eigenvalue weighted by Gasteiger charge is -2.07. The largest absolute Gasteiger partial charge is 0.497 e. The minimum atomic E-state index is -0.274. The van der Waals surface area contributed by atoms with Gasteiger partial charge >= 0.3 is 0 Å². The van der Waals surface area contributed by atoms with E-state index in [1.54, 1.807) is 14.0 Å². The van der Waals surface area contributed by atoms with Crippen LogP contribution >= 0.6 is 0 Å². The molecule has 1 unspecified atom stereocenters. The molecule has 3 N–H and O–H groups in total. The Morgan fingerprint density at radius 3 is 2.56 bits per heavy atom. The van der Waals surface area contributed by atoms with Crippen molar-refractivity contribution in [1.82, 2.24) is 9.97 Å². The first-order valence-electron chi connectivity index (χ1n) is 5.61. The van der Waals surface area contributed by atoms with Crippen molar-refractivity contribution in [3.8, 4) is 17.1 Å². The van der Waals surface area contributed by atoms with E-state index >= 15 is 0 Å². The average Bonchev–Trinajstić information content (AvgIpc) is 2.38. The summed E-state index contributed by atoms with van der Waals surface area (Å²) in [6.45, 7) is 1.79. The predicted molar refractivity (Wildman–Crippen MR) is 69.4 cm³/mol. The number of aromatic nitrogens is 2. The molecule has 0 fully saturated rings. The predicted octanol–water partition coefficient (Wildman–Crippen LogP) is 1.47. The number of benzene rings is 1. The third-order valence-corrected chi connectivity index (χ3v) is 2.59. The van der Waals surface area contributed by atoms with E-state index in [0.29, 0.717) is 11.5 Å². The second-order valence-corrected chi connectivity index (χ2v) is 4.04. The Hall–Kier alpha value is -2.14.